The van der Waals surface area contributed by atoms with Crippen LogP contribution in [0.5, 0.6) is 0 Å². The van der Waals surface area contributed by atoms with Gasteiger partial charge in [0.25, 0.3) is 0 Å². The average molecular weight is 307 g/mol. The van der Waals surface area contributed by atoms with Gasteiger partial charge >= 0.3 is 11.9 Å². The zero-order chi connectivity index (χ0) is 16.4. The van der Waals surface area contributed by atoms with Crippen LogP contribution in [0.15, 0.2) is 30.3 Å². The standard InChI is InChI=1S/C16H21NO5/c18-14(9-5-2-6-10-15(19)20)17-13(16(21)22)11-12-7-3-1-4-8-12/h1,3-4,7-8,13H,2,5-6,9-11H2,(H,17,18)(H,19,20)(H,21,22)/t13-/m0/s1. The number of benzene rings is 1. The van der Waals surface area contributed by atoms with Crippen molar-refractivity contribution in [1.82, 2.24) is 5.32 Å². The van der Waals surface area contributed by atoms with Crippen LogP contribution in [0, 0.1) is 0 Å². The van der Waals surface area contributed by atoms with Crippen LogP contribution in [0.2, 0.25) is 0 Å². The number of carbonyl (C=O) groups excluding carboxylic acids is 1. The van der Waals surface area contributed by atoms with Crippen molar-refractivity contribution in [2.75, 3.05) is 0 Å². The van der Waals surface area contributed by atoms with E-state index in [1.165, 1.54) is 0 Å². The van der Waals surface area contributed by atoms with Gasteiger partial charge in [-0.3, -0.25) is 9.59 Å². The molecule has 0 fully saturated rings. The molecule has 1 aromatic rings. The zero-order valence-electron chi connectivity index (χ0n) is 12.3. The van der Waals surface area contributed by atoms with Crippen molar-refractivity contribution < 1.29 is 24.6 Å². The van der Waals surface area contributed by atoms with Gasteiger partial charge in [0.05, 0.1) is 0 Å². The van der Waals surface area contributed by atoms with Gasteiger partial charge in [0, 0.05) is 19.3 Å². The highest BCUT2D eigenvalue weighted by molar-refractivity contribution is 5.83. The van der Waals surface area contributed by atoms with E-state index in [0.29, 0.717) is 19.3 Å². The molecule has 0 spiro atoms. The summed E-state index contributed by atoms with van der Waals surface area (Å²) in [5.41, 5.74) is 0.844. The molecule has 0 saturated carbocycles. The number of nitrogens with one attached hydrogen (secondary N) is 1. The Kier molecular flexibility index (Phi) is 7.67. The van der Waals surface area contributed by atoms with Crippen molar-refractivity contribution in [2.24, 2.45) is 0 Å². The number of rotatable bonds is 10. The summed E-state index contributed by atoms with van der Waals surface area (Å²) in [6.07, 6.45) is 2.24. The van der Waals surface area contributed by atoms with Crippen molar-refractivity contribution in [3.63, 3.8) is 0 Å². The first-order chi connectivity index (χ1) is 10.5. The number of hydrogen-bond donors (Lipinski definition) is 3. The summed E-state index contributed by atoms with van der Waals surface area (Å²) in [5.74, 6) is -2.24. The van der Waals surface area contributed by atoms with Crippen molar-refractivity contribution in [1.29, 1.82) is 0 Å². The minimum Gasteiger partial charge on any atom is -0.481 e. The molecule has 0 aliphatic heterocycles. The number of aliphatic carboxylic acids is 2. The molecule has 0 aliphatic rings. The number of carboxylic acids is 2. The van der Waals surface area contributed by atoms with E-state index < -0.39 is 18.0 Å². The third-order valence-electron chi connectivity index (χ3n) is 3.21. The predicted molar refractivity (Wildman–Crippen MR) is 80.4 cm³/mol. The first-order valence-corrected chi connectivity index (χ1v) is 7.27. The Balaban J connectivity index is 2.35. The predicted octanol–water partition coefficient (Wildman–Crippen LogP) is 1.83. The van der Waals surface area contributed by atoms with Crippen LogP contribution in [-0.4, -0.2) is 34.1 Å². The molecule has 3 N–H and O–H groups in total. The molecule has 6 nitrogen and oxygen atoms in total. The summed E-state index contributed by atoms with van der Waals surface area (Å²) in [5, 5.41) is 20.2. The lowest BCUT2D eigenvalue weighted by Gasteiger charge is -2.14. The van der Waals surface area contributed by atoms with Crippen LogP contribution in [0.25, 0.3) is 0 Å². The highest BCUT2D eigenvalue weighted by atomic mass is 16.4. The first-order valence-electron chi connectivity index (χ1n) is 7.27. The van der Waals surface area contributed by atoms with E-state index in [-0.39, 0.29) is 25.2 Å². The molecule has 1 aromatic carbocycles. The SMILES string of the molecule is O=C(O)CCCCCC(=O)N[C@@H](Cc1ccccc1)C(=O)O. The molecule has 1 rings (SSSR count). The molecule has 22 heavy (non-hydrogen) atoms. The number of carboxylic acid groups (broad SMARTS) is 2. The second-order valence-corrected chi connectivity index (χ2v) is 5.10. The smallest absolute Gasteiger partial charge is 0.326 e. The van der Waals surface area contributed by atoms with E-state index in [9.17, 15) is 19.5 Å². The molecule has 6 heteroatoms. The van der Waals surface area contributed by atoms with Crippen LogP contribution in [0.1, 0.15) is 37.7 Å². The van der Waals surface area contributed by atoms with Crippen molar-refractivity contribution in [3.8, 4) is 0 Å². The zero-order valence-corrected chi connectivity index (χ0v) is 12.3. The van der Waals surface area contributed by atoms with Gasteiger partial charge in [0.1, 0.15) is 6.04 Å². The molecule has 0 bridgehead atoms. The Morgan fingerprint density at radius 1 is 0.955 bits per heavy atom. The van der Waals surface area contributed by atoms with Gasteiger partial charge in [-0.1, -0.05) is 36.8 Å². The number of carbonyl (C=O) groups is 3. The molecule has 0 saturated heterocycles. The monoisotopic (exact) mass is 307 g/mol. The summed E-state index contributed by atoms with van der Waals surface area (Å²) in [6.45, 7) is 0. The fourth-order valence-electron chi connectivity index (χ4n) is 2.05. The topological polar surface area (TPSA) is 104 Å². The van der Waals surface area contributed by atoms with Gasteiger partial charge in [0.2, 0.25) is 5.91 Å². The third-order valence-corrected chi connectivity index (χ3v) is 3.21. The Labute approximate surface area is 129 Å². The summed E-state index contributed by atoms with van der Waals surface area (Å²) in [4.78, 5) is 33.3. The normalized spacial score (nSPS) is 11.6. The van der Waals surface area contributed by atoms with Crippen LogP contribution in [0.3, 0.4) is 0 Å². The number of amides is 1. The lowest BCUT2D eigenvalue weighted by atomic mass is 10.1. The van der Waals surface area contributed by atoms with E-state index in [0.717, 1.165) is 5.56 Å². The molecule has 0 unspecified atom stereocenters. The minimum atomic E-state index is -1.07. The molecule has 0 aliphatic carbocycles. The van der Waals surface area contributed by atoms with E-state index in [4.69, 9.17) is 5.11 Å². The molecule has 120 valence electrons. The van der Waals surface area contributed by atoms with E-state index in [1.807, 2.05) is 30.3 Å². The largest absolute Gasteiger partial charge is 0.481 e. The summed E-state index contributed by atoms with van der Waals surface area (Å²) in [6, 6.07) is 8.16. The summed E-state index contributed by atoms with van der Waals surface area (Å²) in [7, 11) is 0. The Morgan fingerprint density at radius 3 is 2.18 bits per heavy atom. The second kappa shape index (κ2) is 9.55. The molecule has 1 atom stereocenters. The van der Waals surface area contributed by atoms with Crippen LogP contribution in [-0.2, 0) is 20.8 Å². The van der Waals surface area contributed by atoms with Gasteiger partial charge < -0.3 is 15.5 Å². The van der Waals surface area contributed by atoms with Crippen molar-refractivity contribution >= 4 is 17.8 Å². The van der Waals surface area contributed by atoms with Gasteiger partial charge in [-0.15, -0.1) is 0 Å². The van der Waals surface area contributed by atoms with E-state index in [2.05, 4.69) is 5.32 Å². The third kappa shape index (κ3) is 7.42. The maximum absolute atomic E-state index is 11.8. The van der Waals surface area contributed by atoms with Crippen molar-refractivity contribution in [3.05, 3.63) is 35.9 Å². The highest BCUT2D eigenvalue weighted by Crippen LogP contribution is 2.06. The van der Waals surface area contributed by atoms with Crippen molar-refractivity contribution in [2.45, 2.75) is 44.6 Å². The molecule has 0 heterocycles. The molecule has 0 aromatic heterocycles. The summed E-state index contributed by atoms with van der Waals surface area (Å²) < 4.78 is 0. The van der Waals surface area contributed by atoms with Gasteiger partial charge in [-0.25, -0.2) is 4.79 Å². The molecular formula is C16H21NO5. The fourth-order valence-corrected chi connectivity index (χ4v) is 2.05. The van der Waals surface area contributed by atoms with Gasteiger partial charge in [-0.2, -0.15) is 0 Å². The quantitative estimate of drug-likeness (QED) is 0.572. The lowest BCUT2D eigenvalue weighted by Crippen LogP contribution is -2.42. The maximum atomic E-state index is 11.8. The average Bonchev–Trinajstić information content (AvgIpc) is 2.47. The molecule has 0 radical (unpaired) electrons. The Morgan fingerprint density at radius 2 is 1.59 bits per heavy atom. The fraction of sp³-hybridized carbons (Fsp3) is 0.438. The Hall–Kier alpha value is -2.37. The lowest BCUT2D eigenvalue weighted by molar-refractivity contribution is -0.141. The maximum Gasteiger partial charge on any atom is 0.326 e. The van der Waals surface area contributed by atoms with Gasteiger partial charge in [-0.05, 0) is 18.4 Å². The van der Waals surface area contributed by atoms with Crippen LogP contribution < -0.4 is 5.32 Å². The van der Waals surface area contributed by atoms with Crippen LogP contribution in [0.4, 0.5) is 0 Å². The first kappa shape index (κ1) is 17.7. The number of unbranched alkanes of at least 4 members (excludes halogenated alkanes) is 2. The molecule has 1 amide bonds. The number of hydrogen-bond acceptors (Lipinski definition) is 3. The van der Waals surface area contributed by atoms with E-state index >= 15 is 0 Å². The second-order valence-electron chi connectivity index (χ2n) is 5.10. The van der Waals surface area contributed by atoms with Crippen LogP contribution >= 0.6 is 0 Å². The molecular weight excluding hydrogens is 286 g/mol. The van der Waals surface area contributed by atoms with Gasteiger partial charge in [0.15, 0.2) is 0 Å². The van der Waals surface area contributed by atoms with E-state index in [1.54, 1.807) is 0 Å². The Bertz CT molecular complexity index is 501. The minimum absolute atomic E-state index is 0.0907. The summed E-state index contributed by atoms with van der Waals surface area (Å²) >= 11 is 0. The highest BCUT2D eigenvalue weighted by Gasteiger charge is 2.19.